The van der Waals surface area contributed by atoms with Crippen LogP contribution in [0, 0.1) is 0 Å². The third-order valence-electron chi connectivity index (χ3n) is 2.69. The molecule has 96 valence electrons. The lowest BCUT2D eigenvalue weighted by Crippen LogP contribution is -1.89. The molecule has 0 fully saturated rings. The molecule has 0 aliphatic heterocycles. The molecule has 0 unspecified atom stereocenters. The van der Waals surface area contributed by atoms with Gasteiger partial charge in [0, 0.05) is 5.56 Å². The number of oxazole rings is 1. The van der Waals surface area contributed by atoms with Crippen molar-refractivity contribution in [3.05, 3.63) is 44.8 Å². The Kier molecular flexibility index (Phi) is 3.17. The molecular formula is C13H7BrCl2N2O. The zero-order chi connectivity index (χ0) is 13.6. The van der Waals surface area contributed by atoms with Crippen molar-refractivity contribution >= 4 is 55.9 Å². The zero-order valence-corrected chi connectivity index (χ0v) is 12.6. The maximum atomic E-state index is 6.01. The maximum absolute atomic E-state index is 6.01. The minimum atomic E-state index is 0.351. The van der Waals surface area contributed by atoms with Crippen molar-refractivity contribution in [3.63, 3.8) is 0 Å². The third-order valence-corrected chi connectivity index (χ3v) is 3.94. The predicted octanol–water partition coefficient (Wildman–Crippen LogP) is 5.15. The molecule has 0 bridgehead atoms. The first-order chi connectivity index (χ1) is 9.06. The monoisotopic (exact) mass is 356 g/mol. The number of benzene rings is 2. The molecule has 3 rings (SSSR count). The summed E-state index contributed by atoms with van der Waals surface area (Å²) in [5, 5.41) is 0.757. The first kappa shape index (κ1) is 12.8. The Bertz CT molecular complexity index is 762. The molecule has 19 heavy (non-hydrogen) atoms. The van der Waals surface area contributed by atoms with E-state index in [1.165, 1.54) is 0 Å². The largest absolute Gasteiger partial charge is 0.435 e. The SMILES string of the molecule is Nc1c(Cl)cc(-c2nc3cccc(Br)c3o2)cc1Cl. The first-order valence-electron chi connectivity index (χ1n) is 5.36. The topological polar surface area (TPSA) is 52.0 Å². The van der Waals surface area contributed by atoms with E-state index in [0.29, 0.717) is 32.8 Å². The summed E-state index contributed by atoms with van der Waals surface area (Å²) in [5.41, 5.74) is 8.18. The van der Waals surface area contributed by atoms with Gasteiger partial charge in [-0.15, -0.1) is 0 Å². The van der Waals surface area contributed by atoms with Crippen LogP contribution in [0.1, 0.15) is 0 Å². The van der Waals surface area contributed by atoms with Crippen LogP contribution in [-0.2, 0) is 0 Å². The van der Waals surface area contributed by atoms with Crippen molar-refractivity contribution in [3.8, 4) is 11.5 Å². The van der Waals surface area contributed by atoms with Gasteiger partial charge in [0.1, 0.15) is 5.52 Å². The minimum Gasteiger partial charge on any atom is -0.435 e. The maximum Gasteiger partial charge on any atom is 0.227 e. The van der Waals surface area contributed by atoms with Crippen LogP contribution >= 0.6 is 39.1 Å². The number of nitrogen functional groups attached to an aromatic ring is 1. The van der Waals surface area contributed by atoms with Crippen LogP contribution < -0.4 is 5.73 Å². The number of anilines is 1. The van der Waals surface area contributed by atoms with Gasteiger partial charge in [-0.3, -0.25) is 0 Å². The fourth-order valence-corrected chi connectivity index (χ4v) is 2.67. The van der Waals surface area contributed by atoms with E-state index in [-0.39, 0.29) is 0 Å². The Morgan fingerprint density at radius 2 is 1.84 bits per heavy atom. The standard InChI is InChI=1S/C13H7BrCl2N2O/c14-7-2-1-3-10-12(7)19-13(18-10)6-4-8(15)11(17)9(16)5-6/h1-5H,17H2. The van der Waals surface area contributed by atoms with Gasteiger partial charge in [0.2, 0.25) is 5.89 Å². The zero-order valence-electron chi connectivity index (χ0n) is 9.45. The van der Waals surface area contributed by atoms with Crippen molar-refractivity contribution in [2.24, 2.45) is 0 Å². The van der Waals surface area contributed by atoms with Gasteiger partial charge < -0.3 is 10.2 Å². The van der Waals surface area contributed by atoms with E-state index in [2.05, 4.69) is 20.9 Å². The van der Waals surface area contributed by atoms with Gasteiger partial charge in [-0.25, -0.2) is 4.98 Å². The Balaban J connectivity index is 2.22. The highest BCUT2D eigenvalue weighted by Gasteiger charge is 2.13. The van der Waals surface area contributed by atoms with E-state index < -0.39 is 0 Å². The van der Waals surface area contributed by atoms with Gasteiger partial charge in [0.15, 0.2) is 5.58 Å². The predicted molar refractivity (Wildman–Crippen MR) is 81.6 cm³/mol. The van der Waals surface area contributed by atoms with Crippen molar-refractivity contribution in [2.75, 3.05) is 5.73 Å². The van der Waals surface area contributed by atoms with Crippen LogP contribution in [0.4, 0.5) is 5.69 Å². The number of para-hydroxylation sites is 1. The molecule has 2 N–H and O–H groups in total. The Morgan fingerprint density at radius 1 is 1.16 bits per heavy atom. The van der Waals surface area contributed by atoms with E-state index in [4.69, 9.17) is 33.4 Å². The number of hydrogen-bond donors (Lipinski definition) is 1. The Labute approximate surface area is 127 Å². The Hall–Kier alpha value is -1.23. The molecule has 0 saturated heterocycles. The highest BCUT2D eigenvalue weighted by Crippen LogP contribution is 2.35. The van der Waals surface area contributed by atoms with Gasteiger partial charge in [0.05, 0.1) is 20.2 Å². The second-order valence-corrected chi connectivity index (χ2v) is 5.63. The summed E-state index contributed by atoms with van der Waals surface area (Å²) >= 11 is 15.4. The molecule has 2 aromatic carbocycles. The van der Waals surface area contributed by atoms with Crippen molar-refractivity contribution < 1.29 is 4.42 Å². The summed E-state index contributed by atoms with van der Waals surface area (Å²) in [7, 11) is 0. The normalized spacial score (nSPS) is 11.1. The summed E-state index contributed by atoms with van der Waals surface area (Å²) in [5.74, 6) is 0.450. The molecule has 0 atom stereocenters. The average molecular weight is 358 g/mol. The highest BCUT2D eigenvalue weighted by molar-refractivity contribution is 9.10. The number of halogens is 3. The lowest BCUT2D eigenvalue weighted by molar-refractivity contribution is 0.618. The van der Waals surface area contributed by atoms with E-state index >= 15 is 0 Å². The molecule has 6 heteroatoms. The Morgan fingerprint density at radius 3 is 2.47 bits per heavy atom. The third kappa shape index (κ3) is 2.20. The molecule has 0 amide bonds. The van der Waals surface area contributed by atoms with Gasteiger partial charge in [-0.1, -0.05) is 29.3 Å². The molecule has 1 heterocycles. The summed E-state index contributed by atoms with van der Waals surface area (Å²) in [6.07, 6.45) is 0. The van der Waals surface area contributed by atoms with Crippen LogP contribution in [0.5, 0.6) is 0 Å². The van der Waals surface area contributed by atoms with E-state index in [9.17, 15) is 0 Å². The number of aromatic nitrogens is 1. The highest BCUT2D eigenvalue weighted by atomic mass is 79.9. The quantitative estimate of drug-likeness (QED) is 0.613. The molecular weight excluding hydrogens is 351 g/mol. The lowest BCUT2D eigenvalue weighted by Gasteiger charge is -2.03. The van der Waals surface area contributed by atoms with Crippen LogP contribution in [-0.4, -0.2) is 4.98 Å². The summed E-state index contributed by atoms with van der Waals surface area (Å²) in [4.78, 5) is 4.40. The fourth-order valence-electron chi connectivity index (χ4n) is 1.75. The van der Waals surface area contributed by atoms with Crippen LogP contribution in [0.3, 0.4) is 0 Å². The second kappa shape index (κ2) is 4.71. The smallest absolute Gasteiger partial charge is 0.227 e. The molecule has 3 nitrogen and oxygen atoms in total. The number of nitrogens with zero attached hydrogens (tertiary/aromatic N) is 1. The summed E-state index contributed by atoms with van der Waals surface area (Å²) in [6, 6.07) is 9.01. The molecule has 3 aromatic rings. The molecule has 0 saturated carbocycles. The molecule has 1 aromatic heterocycles. The van der Waals surface area contributed by atoms with Crippen LogP contribution in [0.25, 0.3) is 22.6 Å². The van der Waals surface area contributed by atoms with Crippen molar-refractivity contribution in [1.29, 1.82) is 0 Å². The van der Waals surface area contributed by atoms with Gasteiger partial charge >= 0.3 is 0 Å². The lowest BCUT2D eigenvalue weighted by atomic mass is 10.2. The van der Waals surface area contributed by atoms with E-state index in [1.807, 2.05) is 18.2 Å². The molecule has 0 spiro atoms. The van der Waals surface area contributed by atoms with Crippen molar-refractivity contribution in [2.45, 2.75) is 0 Å². The first-order valence-corrected chi connectivity index (χ1v) is 6.91. The van der Waals surface area contributed by atoms with Crippen LogP contribution in [0.15, 0.2) is 39.2 Å². The molecule has 0 radical (unpaired) electrons. The minimum absolute atomic E-state index is 0.351. The number of nitrogens with two attached hydrogens (primary N) is 1. The number of fused-ring (bicyclic) bond motifs is 1. The van der Waals surface area contributed by atoms with Gasteiger partial charge in [-0.2, -0.15) is 0 Å². The molecule has 0 aliphatic rings. The number of rotatable bonds is 1. The van der Waals surface area contributed by atoms with Crippen LogP contribution in [0.2, 0.25) is 10.0 Å². The molecule has 0 aliphatic carbocycles. The summed E-state index contributed by atoms with van der Waals surface area (Å²) in [6.45, 7) is 0. The van der Waals surface area contributed by atoms with Gasteiger partial charge in [0.25, 0.3) is 0 Å². The second-order valence-electron chi connectivity index (χ2n) is 3.96. The fraction of sp³-hybridized carbons (Fsp3) is 0. The summed E-state index contributed by atoms with van der Waals surface area (Å²) < 4.78 is 6.56. The van der Waals surface area contributed by atoms with Gasteiger partial charge in [-0.05, 0) is 40.2 Å². The number of hydrogen-bond acceptors (Lipinski definition) is 3. The average Bonchev–Trinajstić information content (AvgIpc) is 2.81. The van der Waals surface area contributed by atoms with E-state index in [1.54, 1.807) is 12.1 Å². The van der Waals surface area contributed by atoms with Crippen molar-refractivity contribution in [1.82, 2.24) is 4.98 Å². The van der Waals surface area contributed by atoms with E-state index in [0.717, 1.165) is 9.99 Å².